The van der Waals surface area contributed by atoms with Gasteiger partial charge in [0.05, 0.1) is 17.2 Å². The minimum Gasteiger partial charge on any atom is -0.465 e. The van der Waals surface area contributed by atoms with Gasteiger partial charge in [0.25, 0.3) is 0 Å². The predicted molar refractivity (Wildman–Crippen MR) is 82.1 cm³/mol. The van der Waals surface area contributed by atoms with Crippen LogP contribution in [0.4, 0.5) is 0 Å². The number of benzene rings is 2. The third kappa shape index (κ3) is 3.52. The predicted octanol–water partition coefficient (Wildman–Crippen LogP) is 3.55. The highest BCUT2D eigenvalue weighted by atomic mass is 35.5. The summed E-state index contributed by atoms with van der Waals surface area (Å²) in [6.07, 6.45) is 0. The molecule has 0 N–H and O–H groups in total. The number of para-hydroxylation sites is 1. The minimum atomic E-state index is -4.17. The SMILES string of the molecule is COC(=O)c1ccccc1OS(=O)(=O)c1ccc(Cl)c(Cl)c1. The van der Waals surface area contributed by atoms with Gasteiger partial charge in [-0.2, -0.15) is 8.42 Å². The molecule has 0 amide bonds. The summed E-state index contributed by atoms with van der Waals surface area (Å²) in [6.45, 7) is 0. The van der Waals surface area contributed by atoms with Gasteiger partial charge in [0, 0.05) is 0 Å². The lowest BCUT2D eigenvalue weighted by Crippen LogP contribution is -2.13. The van der Waals surface area contributed by atoms with Crippen molar-refractivity contribution >= 4 is 39.3 Å². The van der Waals surface area contributed by atoms with Crippen molar-refractivity contribution < 1.29 is 22.1 Å². The van der Waals surface area contributed by atoms with Crippen molar-refractivity contribution in [1.29, 1.82) is 0 Å². The topological polar surface area (TPSA) is 69.7 Å². The quantitative estimate of drug-likeness (QED) is 0.615. The van der Waals surface area contributed by atoms with Gasteiger partial charge in [0.2, 0.25) is 0 Å². The van der Waals surface area contributed by atoms with E-state index in [4.69, 9.17) is 27.4 Å². The smallest absolute Gasteiger partial charge is 0.341 e. The van der Waals surface area contributed by atoms with Crippen LogP contribution in [0.5, 0.6) is 5.75 Å². The molecule has 116 valence electrons. The molecule has 0 saturated carbocycles. The van der Waals surface area contributed by atoms with E-state index in [0.717, 1.165) is 0 Å². The number of rotatable bonds is 4. The number of ether oxygens (including phenoxy) is 1. The normalized spacial score (nSPS) is 11.0. The van der Waals surface area contributed by atoms with Crippen LogP contribution in [-0.2, 0) is 14.9 Å². The average Bonchev–Trinajstić information content (AvgIpc) is 2.49. The minimum absolute atomic E-state index is 0.00589. The fraction of sp³-hybridized carbons (Fsp3) is 0.0714. The number of hydrogen-bond acceptors (Lipinski definition) is 5. The number of methoxy groups -OCH3 is 1. The lowest BCUT2D eigenvalue weighted by molar-refractivity contribution is 0.0599. The first-order chi connectivity index (χ1) is 10.3. The van der Waals surface area contributed by atoms with Crippen LogP contribution < -0.4 is 4.18 Å². The van der Waals surface area contributed by atoms with Crippen LogP contribution in [0.1, 0.15) is 10.4 Å². The van der Waals surface area contributed by atoms with Crippen LogP contribution in [0, 0.1) is 0 Å². The molecule has 0 spiro atoms. The standard InChI is InChI=1S/C14H10Cl2O5S/c1-20-14(17)10-4-2-3-5-13(10)21-22(18,19)9-6-7-11(15)12(16)8-9/h2-8H,1H3. The Morgan fingerprint density at radius 3 is 2.36 bits per heavy atom. The van der Waals surface area contributed by atoms with Crippen molar-refractivity contribution in [2.45, 2.75) is 4.90 Å². The molecule has 0 fully saturated rings. The first kappa shape index (κ1) is 16.6. The fourth-order valence-electron chi connectivity index (χ4n) is 1.62. The molecule has 0 aromatic heterocycles. The van der Waals surface area contributed by atoms with E-state index in [1.54, 1.807) is 6.07 Å². The average molecular weight is 361 g/mol. The van der Waals surface area contributed by atoms with Crippen molar-refractivity contribution in [3.63, 3.8) is 0 Å². The van der Waals surface area contributed by atoms with E-state index >= 15 is 0 Å². The van der Waals surface area contributed by atoms with Crippen LogP contribution in [0.3, 0.4) is 0 Å². The number of carbonyl (C=O) groups is 1. The van der Waals surface area contributed by atoms with Gasteiger partial charge in [-0.05, 0) is 30.3 Å². The Morgan fingerprint density at radius 1 is 1.05 bits per heavy atom. The Bertz CT molecular complexity index is 818. The zero-order valence-corrected chi connectivity index (χ0v) is 13.6. The van der Waals surface area contributed by atoms with Gasteiger partial charge in [-0.3, -0.25) is 0 Å². The van der Waals surface area contributed by atoms with Gasteiger partial charge >= 0.3 is 16.1 Å². The zero-order chi connectivity index (χ0) is 16.3. The summed E-state index contributed by atoms with van der Waals surface area (Å²) in [5.41, 5.74) is -0.00589. The van der Waals surface area contributed by atoms with Crippen molar-refractivity contribution in [2.24, 2.45) is 0 Å². The number of halogens is 2. The maximum atomic E-state index is 12.3. The van der Waals surface area contributed by atoms with Crippen LogP contribution in [-0.4, -0.2) is 21.5 Å². The van der Waals surface area contributed by atoms with E-state index in [1.165, 1.54) is 43.5 Å². The molecule has 0 radical (unpaired) electrons. The van der Waals surface area contributed by atoms with Crippen LogP contribution in [0.25, 0.3) is 0 Å². The van der Waals surface area contributed by atoms with Crippen molar-refractivity contribution in [3.05, 3.63) is 58.1 Å². The summed E-state index contributed by atoms with van der Waals surface area (Å²) in [7, 11) is -2.98. The molecule has 0 atom stereocenters. The van der Waals surface area contributed by atoms with Gasteiger partial charge in [-0.25, -0.2) is 4.79 Å². The molecule has 0 bridgehead atoms. The summed E-state index contributed by atoms with van der Waals surface area (Å²) in [5, 5.41) is 0.295. The van der Waals surface area contributed by atoms with Crippen molar-refractivity contribution in [2.75, 3.05) is 7.11 Å². The summed E-state index contributed by atoms with van der Waals surface area (Å²) < 4.78 is 34.1. The van der Waals surface area contributed by atoms with E-state index in [1.807, 2.05) is 0 Å². The molecule has 0 unspecified atom stereocenters. The van der Waals surface area contributed by atoms with Crippen LogP contribution in [0.15, 0.2) is 47.4 Å². The summed E-state index contributed by atoms with van der Waals surface area (Å²) in [6, 6.07) is 9.60. The molecule has 22 heavy (non-hydrogen) atoms. The second-order valence-corrected chi connectivity index (χ2v) is 6.46. The van der Waals surface area contributed by atoms with Gasteiger partial charge in [-0.1, -0.05) is 35.3 Å². The molecule has 8 heteroatoms. The molecule has 2 rings (SSSR count). The summed E-state index contributed by atoms with van der Waals surface area (Å²) in [5.74, 6) is -0.847. The molecular formula is C14H10Cl2O5S. The molecule has 0 aliphatic rings. The van der Waals surface area contributed by atoms with E-state index in [2.05, 4.69) is 4.74 Å². The van der Waals surface area contributed by atoms with Gasteiger partial charge < -0.3 is 8.92 Å². The highest BCUT2D eigenvalue weighted by Crippen LogP contribution is 2.28. The fourth-order valence-corrected chi connectivity index (χ4v) is 2.95. The molecule has 0 saturated heterocycles. The highest BCUT2D eigenvalue weighted by Gasteiger charge is 2.22. The Hall–Kier alpha value is -1.76. The molecule has 5 nitrogen and oxygen atoms in total. The molecule has 0 heterocycles. The molecule has 2 aromatic rings. The number of carbonyl (C=O) groups excluding carboxylic acids is 1. The molecule has 0 aliphatic heterocycles. The molecule has 0 aliphatic carbocycles. The third-order valence-electron chi connectivity index (χ3n) is 2.67. The monoisotopic (exact) mass is 360 g/mol. The molecule has 2 aromatic carbocycles. The van der Waals surface area contributed by atoms with Crippen LogP contribution >= 0.6 is 23.2 Å². The largest absolute Gasteiger partial charge is 0.465 e. The Kier molecular flexibility index (Phi) is 4.95. The van der Waals surface area contributed by atoms with E-state index in [-0.39, 0.29) is 26.3 Å². The highest BCUT2D eigenvalue weighted by molar-refractivity contribution is 7.87. The Labute approximate surface area is 137 Å². The van der Waals surface area contributed by atoms with Gasteiger partial charge in [0.1, 0.15) is 10.5 Å². The number of esters is 1. The zero-order valence-electron chi connectivity index (χ0n) is 11.2. The van der Waals surface area contributed by atoms with Gasteiger partial charge in [-0.15, -0.1) is 0 Å². The van der Waals surface area contributed by atoms with Crippen molar-refractivity contribution in [3.8, 4) is 5.75 Å². The van der Waals surface area contributed by atoms with Crippen LogP contribution in [0.2, 0.25) is 10.0 Å². The summed E-state index contributed by atoms with van der Waals surface area (Å²) >= 11 is 11.5. The lowest BCUT2D eigenvalue weighted by atomic mass is 10.2. The first-order valence-corrected chi connectivity index (χ1v) is 8.08. The van der Waals surface area contributed by atoms with E-state index < -0.39 is 16.1 Å². The second kappa shape index (κ2) is 6.56. The second-order valence-electron chi connectivity index (χ2n) is 4.10. The Morgan fingerprint density at radius 2 is 1.73 bits per heavy atom. The Balaban J connectivity index is 2.41. The maximum absolute atomic E-state index is 12.3. The summed E-state index contributed by atoms with van der Waals surface area (Å²) in [4.78, 5) is 11.4. The van der Waals surface area contributed by atoms with Crippen molar-refractivity contribution in [1.82, 2.24) is 0 Å². The molecular weight excluding hydrogens is 351 g/mol. The van der Waals surface area contributed by atoms with Gasteiger partial charge in [0.15, 0.2) is 5.75 Å². The third-order valence-corrected chi connectivity index (χ3v) is 4.64. The van der Waals surface area contributed by atoms with E-state index in [0.29, 0.717) is 0 Å². The van der Waals surface area contributed by atoms with E-state index in [9.17, 15) is 13.2 Å². The maximum Gasteiger partial charge on any atom is 0.341 e. The number of hydrogen-bond donors (Lipinski definition) is 0. The first-order valence-electron chi connectivity index (χ1n) is 5.92. The lowest BCUT2D eigenvalue weighted by Gasteiger charge is -2.10.